The Morgan fingerprint density at radius 3 is 2.18 bits per heavy atom. The van der Waals surface area contributed by atoms with E-state index in [2.05, 4.69) is 4.90 Å². The highest BCUT2D eigenvalue weighted by molar-refractivity contribution is 5.80. The summed E-state index contributed by atoms with van der Waals surface area (Å²) in [5, 5.41) is 0. The molecule has 90 valence electrons. The third-order valence-electron chi connectivity index (χ3n) is 4.01. The fourth-order valence-electron chi connectivity index (χ4n) is 3.19. The molecule has 17 heavy (non-hydrogen) atoms. The van der Waals surface area contributed by atoms with Crippen LogP contribution < -0.4 is 0 Å². The molecule has 2 saturated heterocycles. The van der Waals surface area contributed by atoms with Crippen molar-refractivity contribution in [1.29, 1.82) is 0 Å². The van der Waals surface area contributed by atoms with Crippen molar-refractivity contribution in [3.8, 4) is 0 Å². The van der Waals surface area contributed by atoms with Gasteiger partial charge in [-0.05, 0) is 43.4 Å². The first-order valence-corrected chi connectivity index (χ1v) is 6.29. The maximum atomic E-state index is 12.8. The fraction of sp³-hybridized carbons (Fsp3) is 0.500. The van der Waals surface area contributed by atoms with Crippen molar-refractivity contribution in [3.05, 3.63) is 35.6 Å². The molecule has 1 amide bonds. The van der Waals surface area contributed by atoms with Crippen LogP contribution >= 0.6 is 0 Å². The second-order valence-electron chi connectivity index (χ2n) is 5.07. The average molecular weight is 233 g/mol. The first kappa shape index (κ1) is 10.8. The second kappa shape index (κ2) is 4.13. The molecule has 0 radical (unpaired) electrons. The zero-order chi connectivity index (χ0) is 11.8. The van der Waals surface area contributed by atoms with E-state index in [-0.39, 0.29) is 11.7 Å². The molecule has 2 bridgehead atoms. The van der Waals surface area contributed by atoms with Crippen LogP contribution in [0.25, 0.3) is 0 Å². The molecule has 0 aromatic heterocycles. The second-order valence-corrected chi connectivity index (χ2v) is 5.07. The summed E-state index contributed by atoms with van der Waals surface area (Å²) in [7, 11) is 0. The van der Waals surface area contributed by atoms with Crippen molar-refractivity contribution in [2.75, 3.05) is 0 Å². The molecule has 1 aromatic rings. The van der Waals surface area contributed by atoms with Gasteiger partial charge in [0.15, 0.2) is 0 Å². The van der Waals surface area contributed by atoms with Crippen LogP contribution in [-0.4, -0.2) is 22.9 Å². The number of nitrogens with zero attached hydrogens (tertiary/aromatic N) is 1. The molecule has 2 heterocycles. The molecule has 1 aromatic carbocycles. The summed E-state index contributed by atoms with van der Waals surface area (Å²) >= 11 is 0. The highest BCUT2D eigenvalue weighted by atomic mass is 19.1. The lowest BCUT2D eigenvalue weighted by Crippen LogP contribution is -2.36. The Hall–Kier alpha value is -1.38. The summed E-state index contributed by atoms with van der Waals surface area (Å²) < 4.78 is 12.8. The van der Waals surface area contributed by atoms with E-state index in [0.29, 0.717) is 18.5 Å². The van der Waals surface area contributed by atoms with Crippen LogP contribution in [0, 0.1) is 5.82 Å². The normalized spacial score (nSPS) is 26.5. The van der Waals surface area contributed by atoms with E-state index in [4.69, 9.17) is 0 Å². The molecule has 2 nitrogen and oxygen atoms in total. The Labute approximate surface area is 100 Å². The molecular weight excluding hydrogens is 217 g/mol. The van der Waals surface area contributed by atoms with Crippen molar-refractivity contribution < 1.29 is 9.18 Å². The number of benzene rings is 1. The number of carbonyl (C=O) groups excluding carboxylic acids is 1. The van der Waals surface area contributed by atoms with Gasteiger partial charge in [0.05, 0.1) is 6.42 Å². The predicted molar refractivity (Wildman–Crippen MR) is 63.0 cm³/mol. The molecular formula is C14H16FNO. The molecule has 0 atom stereocenters. The first-order chi connectivity index (χ1) is 8.24. The van der Waals surface area contributed by atoms with E-state index >= 15 is 0 Å². The van der Waals surface area contributed by atoms with Crippen molar-refractivity contribution in [1.82, 2.24) is 4.90 Å². The number of hydrogen-bond donors (Lipinski definition) is 0. The first-order valence-electron chi connectivity index (χ1n) is 6.29. The van der Waals surface area contributed by atoms with Gasteiger partial charge < -0.3 is 4.90 Å². The molecule has 0 saturated carbocycles. The van der Waals surface area contributed by atoms with Gasteiger partial charge >= 0.3 is 0 Å². The van der Waals surface area contributed by atoms with E-state index in [1.165, 1.54) is 37.8 Å². The summed E-state index contributed by atoms with van der Waals surface area (Å²) in [5.41, 5.74) is 0.905. The highest BCUT2D eigenvalue weighted by Gasteiger charge is 2.41. The Morgan fingerprint density at radius 2 is 1.65 bits per heavy atom. The highest BCUT2D eigenvalue weighted by Crippen LogP contribution is 2.37. The van der Waals surface area contributed by atoms with Crippen LogP contribution in [0.5, 0.6) is 0 Å². The molecule has 0 spiro atoms. The zero-order valence-corrected chi connectivity index (χ0v) is 9.73. The summed E-state index contributed by atoms with van der Waals surface area (Å²) in [6.45, 7) is 0. The van der Waals surface area contributed by atoms with Crippen LogP contribution in [0.3, 0.4) is 0 Å². The topological polar surface area (TPSA) is 20.3 Å². The third-order valence-corrected chi connectivity index (χ3v) is 4.01. The van der Waals surface area contributed by atoms with E-state index < -0.39 is 0 Å². The smallest absolute Gasteiger partial charge is 0.227 e. The molecule has 0 aliphatic carbocycles. The van der Waals surface area contributed by atoms with Gasteiger partial charge in [-0.15, -0.1) is 0 Å². The molecule has 3 heteroatoms. The van der Waals surface area contributed by atoms with E-state index in [1.807, 2.05) is 0 Å². The lowest BCUT2D eigenvalue weighted by Gasteiger charge is -2.22. The van der Waals surface area contributed by atoms with Crippen molar-refractivity contribution >= 4 is 5.91 Å². The van der Waals surface area contributed by atoms with Gasteiger partial charge in [0.2, 0.25) is 5.91 Å². The Balaban J connectivity index is 1.69. The van der Waals surface area contributed by atoms with E-state index in [9.17, 15) is 9.18 Å². The van der Waals surface area contributed by atoms with Gasteiger partial charge in [-0.1, -0.05) is 12.1 Å². The number of hydrogen-bond acceptors (Lipinski definition) is 1. The lowest BCUT2D eigenvalue weighted by atomic mass is 10.0. The quantitative estimate of drug-likeness (QED) is 0.768. The van der Waals surface area contributed by atoms with Gasteiger partial charge in [-0.3, -0.25) is 4.79 Å². The van der Waals surface area contributed by atoms with Crippen LogP contribution in [0.2, 0.25) is 0 Å². The molecule has 2 aliphatic heterocycles. The number of amides is 1. The van der Waals surface area contributed by atoms with Gasteiger partial charge in [0.25, 0.3) is 0 Å². The Kier molecular flexibility index (Phi) is 2.61. The van der Waals surface area contributed by atoms with Gasteiger partial charge in [-0.25, -0.2) is 4.39 Å². The fourth-order valence-corrected chi connectivity index (χ4v) is 3.19. The predicted octanol–water partition coefficient (Wildman–Crippen LogP) is 2.52. The maximum absolute atomic E-state index is 12.8. The zero-order valence-electron chi connectivity index (χ0n) is 9.73. The largest absolute Gasteiger partial charge is 0.336 e. The SMILES string of the molecule is O=C(Cc1ccc(F)cc1)N1C2CCC1CC2. The average Bonchev–Trinajstić information content (AvgIpc) is 2.91. The third kappa shape index (κ3) is 1.94. The number of rotatable bonds is 2. The van der Waals surface area contributed by atoms with Crippen molar-refractivity contribution in [3.63, 3.8) is 0 Å². The van der Waals surface area contributed by atoms with Gasteiger partial charge in [0, 0.05) is 12.1 Å². The van der Waals surface area contributed by atoms with Crippen molar-refractivity contribution in [2.45, 2.75) is 44.2 Å². The molecule has 3 rings (SSSR count). The summed E-state index contributed by atoms with van der Waals surface area (Å²) in [6.07, 6.45) is 5.08. The van der Waals surface area contributed by atoms with E-state index in [1.54, 1.807) is 12.1 Å². The Morgan fingerprint density at radius 1 is 1.12 bits per heavy atom. The van der Waals surface area contributed by atoms with Crippen LogP contribution in [-0.2, 0) is 11.2 Å². The minimum Gasteiger partial charge on any atom is -0.336 e. The molecule has 0 unspecified atom stereocenters. The minimum absolute atomic E-state index is 0.210. The Bertz CT molecular complexity index is 408. The number of halogens is 1. The summed E-state index contributed by atoms with van der Waals surface area (Å²) in [6, 6.07) is 7.19. The lowest BCUT2D eigenvalue weighted by molar-refractivity contribution is -0.131. The number of carbonyl (C=O) groups is 1. The molecule has 0 N–H and O–H groups in total. The molecule has 2 aliphatic rings. The van der Waals surface area contributed by atoms with Crippen LogP contribution in [0.15, 0.2) is 24.3 Å². The summed E-state index contributed by atoms with van der Waals surface area (Å²) in [5.74, 6) is -0.0379. The van der Waals surface area contributed by atoms with Crippen molar-refractivity contribution in [2.24, 2.45) is 0 Å². The van der Waals surface area contributed by atoms with Crippen LogP contribution in [0.4, 0.5) is 4.39 Å². The monoisotopic (exact) mass is 233 g/mol. The number of fused-ring (bicyclic) bond motifs is 2. The van der Waals surface area contributed by atoms with Gasteiger partial charge in [-0.2, -0.15) is 0 Å². The minimum atomic E-state index is -0.248. The summed E-state index contributed by atoms with van der Waals surface area (Å²) in [4.78, 5) is 14.3. The molecule has 2 fully saturated rings. The van der Waals surface area contributed by atoms with E-state index in [0.717, 1.165) is 5.56 Å². The van der Waals surface area contributed by atoms with Gasteiger partial charge in [0.1, 0.15) is 5.82 Å². The maximum Gasteiger partial charge on any atom is 0.227 e. The van der Waals surface area contributed by atoms with Crippen LogP contribution in [0.1, 0.15) is 31.2 Å². The standard InChI is InChI=1S/C14H16FNO/c15-11-3-1-10(2-4-11)9-14(17)16-12-5-6-13(16)8-7-12/h1-4,12-13H,5-9H2.